The molecule has 3 rings (SSSR count). The van der Waals surface area contributed by atoms with Gasteiger partial charge in [0.05, 0.1) is 12.3 Å². The van der Waals surface area contributed by atoms with Gasteiger partial charge < -0.3 is 4.74 Å². The second-order valence-electron chi connectivity index (χ2n) is 6.33. The van der Waals surface area contributed by atoms with E-state index in [-0.39, 0.29) is 12.4 Å². The van der Waals surface area contributed by atoms with Crippen molar-refractivity contribution in [2.24, 2.45) is 0 Å². The SMILES string of the molecule is CCCCCOc1cc(/C=C\c2cccc3ccccc23)ncc1C.Cl. The first-order chi connectivity index (χ1) is 12.3. The Morgan fingerprint density at radius 1 is 1.00 bits per heavy atom. The van der Waals surface area contributed by atoms with E-state index in [0.717, 1.165) is 30.0 Å². The van der Waals surface area contributed by atoms with Crippen LogP contribution in [0.15, 0.2) is 54.7 Å². The van der Waals surface area contributed by atoms with E-state index in [2.05, 4.69) is 66.5 Å². The van der Waals surface area contributed by atoms with Crippen molar-refractivity contribution < 1.29 is 4.74 Å². The Morgan fingerprint density at radius 2 is 1.81 bits per heavy atom. The van der Waals surface area contributed by atoms with E-state index in [1.807, 2.05) is 19.2 Å². The van der Waals surface area contributed by atoms with E-state index in [9.17, 15) is 0 Å². The van der Waals surface area contributed by atoms with Gasteiger partial charge in [-0.15, -0.1) is 12.4 Å². The Bertz CT molecular complexity index is 868. The minimum atomic E-state index is 0. The van der Waals surface area contributed by atoms with Crippen molar-refractivity contribution in [3.05, 3.63) is 71.5 Å². The largest absolute Gasteiger partial charge is 0.493 e. The predicted molar refractivity (Wildman–Crippen MR) is 114 cm³/mol. The Kier molecular flexibility index (Phi) is 7.68. The first kappa shape index (κ1) is 20.0. The van der Waals surface area contributed by atoms with Crippen LogP contribution in [-0.4, -0.2) is 11.6 Å². The van der Waals surface area contributed by atoms with Crippen LogP contribution in [0.5, 0.6) is 5.75 Å². The van der Waals surface area contributed by atoms with Crippen molar-refractivity contribution >= 4 is 35.3 Å². The lowest BCUT2D eigenvalue weighted by Gasteiger charge is -2.09. The van der Waals surface area contributed by atoms with Gasteiger partial charge in [0.2, 0.25) is 0 Å². The molecule has 3 aromatic rings. The molecule has 136 valence electrons. The van der Waals surface area contributed by atoms with Gasteiger partial charge in [0.15, 0.2) is 0 Å². The monoisotopic (exact) mass is 367 g/mol. The highest BCUT2D eigenvalue weighted by Crippen LogP contribution is 2.22. The average Bonchev–Trinajstić information content (AvgIpc) is 2.65. The molecular formula is C23H26ClNO. The first-order valence-corrected chi connectivity index (χ1v) is 9.03. The second-order valence-corrected chi connectivity index (χ2v) is 6.33. The molecule has 0 spiro atoms. The highest BCUT2D eigenvalue weighted by Gasteiger charge is 2.02. The van der Waals surface area contributed by atoms with Gasteiger partial charge in [-0.25, -0.2) is 0 Å². The summed E-state index contributed by atoms with van der Waals surface area (Å²) < 4.78 is 5.93. The fourth-order valence-corrected chi connectivity index (χ4v) is 2.87. The molecule has 0 amide bonds. The van der Waals surface area contributed by atoms with Crippen molar-refractivity contribution in [2.75, 3.05) is 6.61 Å². The zero-order chi connectivity index (χ0) is 17.5. The van der Waals surface area contributed by atoms with Crippen molar-refractivity contribution in [3.8, 4) is 5.75 Å². The molecule has 0 saturated carbocycles. The molecule has 0 aliphatic carbocycles. The predicted octanol–water partition coefficient (Wildman–Crippen LogP) is 6.70. The molecule has 0 atom stereocenters. The number of fused-ring (bicyclic) bond motifs is 1. The summed E-state index contributed by atoms with van der Waals surface area (Å²) in [6.07, 6.45) is 9.58. The minimum Gasteiger partial charge on any atom is -0.493 e. The van der Waals surface area contributed by atoms with Crippen molar-refractivity contribution in [2.45, 2.75) is 33.1 Å². The van der Waals surface area contributed by atoms with Crippen molar-refractivity contribution in [1.82, 2.24) is 4.98 Å². The lowest BCUT2D eigenvalue weighted by atomic mass is 10.0. The molecule has 0 radical (unpaired) electrons. The lowest BCUT2D eigenvalue weighted by Crippen LogP contribution is -1.99. The van der Waals surface area contributed by atoms with Gasteiger partial charge >= 0.3 is 0 Å². The zero-order valence-corrected chi connectivity index (χ0v) is 16.3. The van der Waals surface area contributed by atoms with Crippen LogP contribution in [0.3, 0.4) is 0 Å². The summed E-state index contributed by atoms with van der Waals surface area (Å²) in [6.45, 7) is 5.01. The third kappa shape index (κ3) is 5.09. The van der Waals surface area contributed by atoms with Crippen LogP contribution in [0.2, 0.25) is 0 Å². The highest BCUT2D eigenvalue weighted by atomic mass is 35.5. The molecule has 0 N–H and O–H groups in total. The summed E-state index contributed by atoms with van der Waals surface area (Å²) in [5.41, 5.74) is 3.20. The normalized spacial score (nSPS) is 10.8. The molecule has 2 aromatic carbocycles. The number of nitrogens with zero attached hydrogens (tertiary/aromatic N) is 1. The quantitative estimate of drug-likeness (QED) is 0.433. The number of halogens is 1. The third-order valence-electron chi connectivity index (χ3n) is 4.34. The van der Waals surface area contributed by atoms with Crippen LogP contribution in [0, 0.1) is 6.92 Å². The van der Waals surface area contributed by atoms with Crippen LogP contribution in [-0.2, 0) is 0 Å². The van der Waals surface area contributed by atoms with Gasteiger partial charge in [-0.3, -0.25) is 4.98 Å². The number of aryl methyl sites for hydroxylation is 1. The van der Waals surface area contributed by atoms with E-state index in [4.69, 9.17) is 4.74 Å². The van der Waals surface area contributed by atoms with E-state index in [1.54, 1.807) is 0 Å². The van der Waals surface area contributed by atoms with Crippen LogP contribution in [0.4, 0.5) is 0 Å². The van der Waals surface area contributed by atoms with Gasteiger partial charge in [0.25, 0.3) is 0 Å². The smallest absolute Gasteiger partial charge is 0.125 e. The van der Waals surface area contributed by atoms with Crippen molar-refractivity contribution in [3.63, 3.8) is 0 Å². The zero-order valence-electron chi connectivity index (χ0n) is 15.4. The fourth-order valence-electron chi connectivity index (χ4n) is 2.87. The topological polar surface area (TPSA) is 22.1 Å². The Hall–Kier alpha value is -2.32. The molecule has 0 aliphatic rings. The number of pyridine rings is 1. The standard InChI is InChI=1S/C23H25NO.ClH/c1-3-4-7-15-25-23-16-21(24-17-18(23)2)14-13-20-11-8-10-19-9-5-6-12-22(19)20;/h5-6,8-14,16-17H,3-4,7,15H2,1-2H3;1H/b14-13-;. The molecule has 0 saturated heterocycles. The molecule has 0 aliphatic heterocycles. The summed E-state index contributed by atoms with van der Waals surface area (Å²) in [4.78, 5) is 4.51. The fraction of sp³-hybridized carbons (Fsp3) is 0.261. The van der Waals surface area contributed by atoms with E-state index in [1.165, 1.54) is 29.2 Å². The van der Waals surface area contributed by atoms with Crippen LogP contribution >= 0.6 is 12.4 Å². The number of rotatable bonds is 7. The Balaban J connectivity index is 0.00000243. The van der Waals surface area contributed by atoms with Gasteiger partial charge in [-0.2, -0.15) is 0 Å². The summed E-state index contributed by atoms with van der Waals surface area (Å²) in [6, 6.07) is 16.8. The molecule has 3 heteroatoms. The van der Waals surface area contributed by atoms with E-state index >= 15 is 0 Å². The maximum Gasteiger partial charge on any atom is 0.125 e. The number of aromatic nitrogens is 1. The van der Waals surface area contributed by atoms with Gasteiger partial charge in [-0.05, 0) is 35.8 Å². The van der Waals surface area contributed by atoms with Gasteiger partial charge in [-0.1, -0.05) is 68.3 Å². The first-order valence-electron chi connectivity index (χ1n) is 9.03. The van der Waals surface area contributed by atoms with E-state index in [0.29, 0.717) is 0 Å². The summed E-state index contributed by atoms with van der Waals surface area (Å²) in [5.74, 6) is 0.934. The number of hydrogen-bond donors (Lipinski definition) is 0. The van der Waals surface area contributed by atoms with E-state index < -0.39 is 0 Å². The number of ether oxygens (including phenoxy) is 1. The maximum absolute atomic E-state index is 5.93. The summed E-state index contributed by atoms with van der Waals surface area (Å²) in [5, 5.41) is 2.51. The lowest BCUT2D eigenvalue weighted by molar-refractivity contribution is 0.304. The van der Waals surface area contributed by atoms with Crippen molar-refractivity contribution in [1.29, 1.82) is 0 Å². The molecule has 0 fully saturated rings. The molecule has 0 bridgehead atoms. The van der Waals surface area contributed by atoms with Crippen LogP contribution in [0.25, 0.3) is 22.9 Å². The molecule has 1 aromatic heterocycles. The molecule has 2 nitrogen and oxygen atoms in total. The van der Waals surface area contributed by atoms with Gasteiger partial charge in [0.1, 0.15) is 5.75 Å². The molecule has 0 unspecified atom stereocenters. The summed E-state index contributed by atoms with van der Waals surface area (Å²) >= 11 is 0. The van der Waals surface area contributed by atoms with Gasteiger partial charge in [0, 0.05) is 17.8 Å². The maximum atomic E-state index is 5.93. The highest BCUT2D eigenvalue weighted by molar-refractivity contribution is 5.92. The van der Waals surface area contributed by atoms with Crippen LogP contribution in [0.1, 0.15) is 43.0 Å². The third-order valence-corrected chi connectivity index (χ3v) is 4.34. The second kappa shape index (κ2) is 9.98. The average molecular weight is 368 g/mol. The Morgan fingerprint density at radius 3 is 2.65 bits per heavy atom. The minimum absolute atomic E-state index is 0. The molecule has 26 heavy (non-hydrogen) atoms. The number of benzene rings is 2. The Labute approximate surface area is 162 Å². The molecular weight excluding hydrogens is 342 g/mol. The number of unbranched alkanes of at least 4 members (excludes halogenated alkanes) is 2. The summed E-state index contributed by atoms with van der Waals surface area (Å²) in [7, 11) is 0. The number of hydrogen-bond acceptors (Lipinski definition) is 2. The molecule has 1 heterocycles. The van der Waals surface area contributed by atoms with Crippen LogP contribution < -0.4 is 4.74 Å².